The minimum absolute atomic E-state index is 0.0456. The van der Waals surface area contributed by atoms with Crippen LogP contribution in [0.25, 0.3) is 11.3 Å². The number of carbonyl (C=O) groups is 1. The van der Waals surface area contributed by atoms with Crippen LogP contribution in [-0.2, 0) is 11.0 Å². The first kappa shape index (κ1) is 19.8. The molecule has 1 aliphatic heterocycles. The van der Waals surface area contributed by atoms with Crippen LogP contribution < -0.4 is 5.32 Å². The first-order chi connectivity index (χ1) is 14.2. The van der Waals surface area contributed by atoms with Crippen molar-refractivity contribution in [2.24, 2.45) is 4.99 Å². The lowest BCUT2D eigenvalue weighted by atomic mass is 10.0. The Morgan fingerprint density at radius 3 is 2.53 bits per heavy atom. The van der Waals surface area contributed by atoms with Crippen molar-refractivity contribution in [1.29, 1.82) is 0 Å². The molecule has 2 aromatic carbocycles. The van der Waals surface area contributed by atoms with Gasteiger partial charge in [0.1, 0.15) is 0 Å². The fourth-order valence-electron chi connectivity index (χ4n) is 3.35. The van der Waals surface area contributed by atoms with Crippen LogP contribution in [0, 0.1) is 13.8 Å². The molecule has 0 saturated carbocycles. The molecule has 1 N–H and O–H groups in total. The highest BCUT2D eigenvalue weighted by molar-refractivity contribution is 6.17. The summed E-state index contributed by atoms with van der Waals surface area (Å²) >= 11 is 0. The maximum absolute atomic E-state index is 13.2. The summed E-state index contributed by atoms with van der Waals surface area (Å²) in [5.74, 6) is -0.426. The van der Waals surface area contributed by atoms with E-state index in [0.29, 0.717) is 22.7 Å². The first-order valence-electron chi connectivity index (χ1n) is 9.19. The molecule has 5 nitrogen and oxygen atoms in total. The maximum Gasteiger partial charge on any atom is 0.416 e. The standard InChI is InChI=1S/C22H17F3N4O/c1-12-6-18-19(8-16(12)22(23,24)25)29-21(30)9-17(28-18)14-4-3-5-15(7-14)20-11-26-10-13(2)27-20/h3-8,10-11H,9H2,1-2H3,(H,29,30). The highest BCUT2D eigenvalue weighted by Crippen LogP contribution is 2.39. The Hall–Kier alpha value is -3.55. The van der Waals surface area contributed by atoms with E-state index >= 15 is 0 Å². The zero-order valence-electron chi connectivity index (χ0n) is 16.2. The number of nitrogens with zero attached hydrogens (tertiary/aromatic N) is 3. The van der Waals surface area contributed by atoms with Gasteiger partial charge in [0.05, 0.1) is 46.7 Å². The topological polar surface area (TPSA) is 67.2 Å². The van der Waals surface area contributed by atoms with Gasteiger partial charge in [-0.1, -0.05) is 18.2 Å². The molecule has 0 aliphatic carbocycles. The van der Waals surface area contributed by atoms with Gasteiger partial charge in [-0.3, -0.25) is 14.8 Å². The summed E-state index contributed by atoms with van der Waals surface area (Å²) < 4.78 is 39.7. The molecule has 30 heavy (non-hydrogen) atoms. The second-order valence-corrected chi connectivity index (χ2v) is 7.09. The molecule has 0 bridgehead atoms. The van der Waals surface area contributed by atoms with E-state index in [1.807, 2.05) is 25.1 Å². The first-order valence-corrected chi connectivity index (χ1v) is 9.19. The Kier molecular flexibility index (Phi) is 4.85. The summed E-state index contributed by atoms with van der Waals surface area (Å²) in [6.07, 6.45) is -1.27. The Bertz CT molecular complexity index is 1190. The van der Waals surface area contributed by atoms with Crippen molar-refractivity contribution < 1.29 is 18.0 Å². The molecular weight excluding hydrogens is 393 g/mol. The lowest BCUT2D eigenvalue weighted by Crippen LogP contribution is -2.15. The van der Waals surface area contributed by atoms with E-state index in [2.05, 4.69) is 20.3 Å². The van der Waals surface area contributed by atoms with Gasteiger partial charge in [0, 0.05) is 11.8 Å². The van der Waals surface area contributed by atoms with Gasteiger partial charge in [0.25, 0.3) is 0 Å². The van der Waals surface area contributed by atoms with Gasteiger partial charge in [0.15, 0.2) is 0 Å². The molecule has 1 aromatic heterocycles. The molecule has 0 saturated heterocycles. The molecule has 0 spiro atoms. The van der Waals surface area contributed by atoms with Gasteiger partial charge in [-0.15, -0.1) is 0 Å². The summed E-state index contributed by atoms with van der Waals surface area (Å²) in [5.41, 5.74) is 3.01. The largest absolute Gasteiger partial charge is 0.416 e. The number of benzene rings is 2. The van der Waals surface area contributed by atoms with Gasteiger partial charge in [-0.2, -0.15) is 13.2 Å². The number of amides is 1. The quantitative estimate of drug-likeness (QED) is 0.628. The smallest absolute Gasteiger partial charge is 0.324 e. The number of anilines is 1. The molecule has 0 unspecified atom stereocenters. The average Bonchev–Trinajstić information content (AvgIpc) is 2.84. The highest BCUT2D eigenvalue weighted by Gasteiger charge is 2.34. The Labute approximate surface area is 170 Å². The predicted octanol–water partition coefficient (Wildman–Crippen LogP) is 5.24. The number of aliphatic imine (C=N–C) groups is 1. The Morgan fingerprint density at radius 1 is 1.03 bits per heavy atom. The third kappa shape index (κ3) is 3.94. The van der Waals surface area contributed by atoms with E-state index in [9.17, 15) is 18.0 Å². The monoisotopic (exact) mass is 410 g/mol. The normalized spacial score (nSPS) is 13.9. The number of nitrogens with one attached hydrogen (secondary N) is 1. The van der Waals surface area contributed by atoms with Crippen molar-refractivity contribution in [1.82, 2.24) is 9.97 Å². The average molecular weight is 410 g/mol. The second-order valence-electron chi connectivity index (χ2n) is 7.09. The number of alkyl halides is 3. The van der Waals surface area contributed by atoms with Crippen LogP contribution in [0.15, 0.2) is 53.8 Å². The lowest BCUT2D eigenvalue weighted by Gasteiger charge is -2.13. The molecule has 0 atom stereocenters. The van der Waals surface area contributed by atoms with Crippen molar-refractivity contribution in [2.75, 3.05) is 5.32 Å². The van der Waals surface area contributed by atoms with Crippen molar-refractivity contribution >= 4 is 23.0 Å². The molecule has 2 heterocycles. The van der Waals surface area contributed by atoms with Gasteiger partial charge in [-0.25, -0.2) is 4.98 Å². The Balaban J connectivity index is 1.80. The number of aryl methyl sites for hydroxylation is 2. The number of halogens is 3. The predicted molar refractivity (Wildman–Crippen MR) is 108 cm³/mol. The number of aromatic nitrogens is 2. The lowest BCUT2D eigenvalue weighted by molar-refractivity contribution is -0.138. The van der Waals surface area contributed by atoms with Crippen molar-refractivity contribution in [3.63, 3.8) is 0 Å². The van der Waals surface area contributed by atoms with Gasteiger partial charge in [-0.05, 0) is 43.2 Å². The van der Waals surface area contributed by atoms with Crippen molar-refractivity contribution in [3.8, 4) is 11.3 Å². The van der Waals surface area contributed by atoms with E-state index < -0.39 is 17.6 Å². The summed E-state index contributed by atoms with van der Waals surface area (Å²) in [6.45, 7) is 3.22. The molecule has 8 heteroatoms. The number of hydrogen-bond acceptors (Lipinski definition) is 4. The van der Waals surface area contributed by atoms with E-state index in [1.165, 1.54) is 13.0 Å². The minimum atomic E-state index is -4.51. The molecule has 1 aliphatic rings. The van der Waals surface area contributed by atoms with E-state index in [0.717, 1.165) is 17.3 Å². The van der Waals surface area contributed by atoms with Crippen LogP contribution in [0.5, 0.6) is 0 Å². The van der Waals surface area contributed by atoms with Crippen LogP contribution in [0.2, 0.25) is 0 Å². The van der Waals surface area contributed by atoms with Crippen LogP contribution in [0.4, 0.5) is 24.5 Å². The van der Waals surface area contributed by atoms with Crippen LogP contribution in [-0.4, -0.2) is 21.6 Å². The molecule has 0 radical (unpaired) electrons. The third-order valence-corrected chi connectivity index (χ3v) is 4.75. The van der Waals surface area contributed by atoms with Gasteiger partial charge < -0.3 is 5.32 Å². The van der Waals surface area contributed by atoms with Crippen LogP contribution in [0.3, 0.4) is 0 Å². The van der Waals surface area contributed by atoms with Gasteiger partial charge >= 0.3 is 6.18 Å². The van der Waals surface area contributed by atoms with E-state index in [-0.39, 0.29) is 17.7 Å². The minimum Gasteiger partial charge on any atom is -0.324 e. The fraction of sp³-hybridized carbons (Fsp3) is 0.182. The molecular formula is C22H17F3N4O. The third-order valence-electron chi connectivity index (χ3n) is 4.75. The van der Waals surface area contributed by atoms with Crippen LogP contribution >= 0.6 is 0 Å². The summed E-state index contributed by atoms with van der Waals surface area (Å²) in [6, 6.07) is 9.63. The summed E-state index contributed by atoms with van der Waals surface area (Å²) in [5, 5.41) is 2.54. The summed E-state index contributed by atoms with van der Waals surface area (Å²) in [7, 11) is 0. The number of hydrogen-bond donors (Lipinski definition) is 1. The number of fused-ring (bicyclic) bond motifs is 1. The van der Waals surface area contributed by atoms with E-state index in [1.54, 1.807) is 18.5 Å². The SMILES string of the molecule is Cc1cncc(-c2cccc(C3=Nc4cc(C)c(C(F)(F)F)cc4NC(=O)C3)c2)n1. The maximum atomic E-state index is 13.2. The fourth-order valence-corrected chi connectivity index (χ4v) is 3.35. The van der Waals surface area contributed by atoms with Crippen molar-refractivity contribution in [3.05, 3.63) is 71.2 Å². The zero-order valence-corrected chi connectivity index (χ0v) is 16.2. The number of carbonyl (C=O) groups excluding carboxylic acids is 1. The number of rotatable bonds is 2. The molecule has 3 aromatic rings. The Morgan fingerprint density at radius 2 is 1.80 bits per heavy atom. The van der Waals surface area contributed by atoms with Gasteiger partial charge in [0.2, 0.25) is 5.91 Å². The molecule has 152 valence electrons. The summed E-state index contributed by atoms with van der Waals surface area (Å²) in [4.78, 5) is 25.5. The molecule has 1 amide bonds. The molecule has 4 rings (SSSR count). The molecule has 0 fully saturated rings. The van der Waals surface area contributed by atoms with Crippen molar-refractivity contribution in [2.45, 2.75) is 26.4 Å². The zero-order chi connectivity index (χ0) is 21.5. The van der Waals surface area contributed by atoms with E-state index in [4.69, 9.17) is 0 Å². The second kappa shape index (κ2) is 7.37. The van der Waals surface area contributed by atoms with Crippen LogP contribution in [0.1, 0.15) is 28.8 Å². The highest BCUT2D eigenvalue weighted by atomic mass is 19.4.